The summed E-state index contributed by atoms with van der Waals surface area (Å²) in [5.41, 5.74) is 4.08. The number of piperidine rings is 1. The van der Waals surface area contributed by atoms with Gasteiger partial charge in [-0.3, -0.25) is 9.69 Å². The summed E-state index contributed by atoms with van der Waals surface area (Å²) in [5, 5.41) is 0.680. The number of hydrogen-bond donors (Lipinski definition) is 0. The molecule has 1 saturated heterocycles. The van der Waals surface area contributed by atoms with Gasteiger partial charge >= 0.3 is 0 Å². The van der Waals surface area contributed by atoms with E-state index >= 15 is 0 Å². The van der Waals surface area contributed by atoms with Crippen LogP contribution in [0.25, 0.3) is 10.2 Å². The molecule has 0 atom stereocenters. The lowest BCUT2D eigenvalue weighted by atomic mass is 9.96. The number of nitrogens with zero attached hydrogens (tertiary/aromatic N) is 3. The Hall–Kier alpha value is -3.07. The van der Waals surface area contributed by atoms with E-state index in [-0.39, 0.29) is 11.8 Å². The molecule has 1 aliphatic rings. The van der Waals surface area contributed by atoms with E-state index in [1.165, 1.54) is 15.6 Å². The van der Waals surface area contributed by atoms with E-state index in [2.05, 4.69) is 6.07 Å². The van der Waals surface area contributed by atoms with Gasteiger partial charge in [-0.25, -0.2) is 13.4 Å². The SMILES string of the molecule is Cc1ccc(S(=O)(=O)N2CCC(C(=O)N(Cc3ccccc3)c3nc4ccc(C)cc4s3)CC2)cc1. The minimum Gasteiger partial charge on any atom is -0.283 e. The maximum Gasteiger partial charge on any atom is 0.243 e. The smallest absolute Gasteiger partial charge is 0.243 e. The van der Waals surface area contributed by atoms with Crippen molar-refractivity contribution < 1.29 is 13.2 Å². The molecule has 1 aromatic heterocycles. The number of amides is 1. The average Bonchev–Trinajstić information content (AvgIpc) is 3.31. The molecule has 0 bridgehead atoms. The maximum atomic E-state index is 13.8. The summed E-state index contributed by atoms with van der Waals surface area (Å²) in [6.07, 6.45) is 0.971. The standard InChI is InChI=1S/C28H29N3O3S2/c1-20-8-11-24(12-9-20)36(33,34)30-16-14-23(15-17-30)27(32)31(19-22-6-4-3-5-7-22)28-29-25-13-10-21(2)18-26(25)35-28/h3-13,18,23H,14-17,19H2,1-2H3. The quantitative estimate of drug-likeness (QED) is 0.335. The first kappa shape index (κ1) is 24.6. The molecule has 1 aliphatic heterocycles. The van der Waals surface area contributed by atoms with Gasteiger partial charge < -0.3 is 0 Å². The van der Waals surface area contributed by atoms with Crippen LogP contribution >= 0.6 is 11.3 Å². The van der Waals surface area contributed by atoms with Gasteiger partial charge in [0.15, 0.2) is 5.13 Å². The number of benzene rings is 3. The van der Waals surface area contributed by atoms with Crippen LogP contribution in [-0.2, 0) is 21.4 Å². The van der Waals surface area contributed by atoms with E-state index in [0.717, 1.165) is 26.9 Å². The largest absolute Gasteiger partial charge is 0.283 e. The van der Waals surface area contributed by atoms with Crippen molar-refractivity contribution in [2.24, 2.45) is 5.92 Å². The van der Waals surface area contributed by atoms with Crippen molar-refractivity contribution in [3.63, 3.8) is 0 Å². The van der Waals surface area contributed by atoms with Crippen molar-refractivity contribution in [1.82, 2.24) is 9.29 Å². The van der Waals surface area contributed by atoms with Crippen LogP contribution in [0.2, 0.25) is 0 Å². The van der Waals surface area contributed by atoms with Gasteiger partial charge in [0.05, 0.1) is 21.7 Å². The molecular formula is C28H29N3O3S2. The summed E-state index contributed by atoms with van der Waals surface area (Å²) in [7, 11) is -3.57. The predicted octanol–water partition coefficient (Wildman–Crippen LogP) is 5.55. The number of anilines is 1. The molecule has 0 saturated carbocycles. The normalized spacial score (nSPS) is 15.3. The monoisotopic (exact) mass is 519 g/mol. The van der Waals surface area contributed by atoms with Crippen molar-refractivity contribution in [3.05, 3.63) is 89.5 Å². The zero-order valence-electron chi connectivity index (χ0n) is 20.4. The van der Waals surface area contributed by atoms with Crippen molar-refractivity contribution in [1.29, 1.82) is 0 Å². The molecule has 0 aliphatic carbocycles. The third kappa shape index (κ3) is 5.07. The molecule has 6 nitrogen and oxygen atoms in total. The highest BCUT2D eigenvalue weighted by Crippen LogP contribution is 2.33. The van der Waals surface area contributed by atoms with Crippen molar-refractivity contribution in [2.45, 2.75) is 38.1 Å². The zero-order valence-corrected chi connectivity index (χ0v) is 22.1. The number of thiazole rings is 1. The van der Waals surface area contributed by atoms with Crippen LogP contribution in [-0.4, -0.2) is 36.7 Å². The van der Waals surface area contributed by atoms with Gasteiger partial charge in [0, 0.05) is 19.0 Å². The molecule has 2 heterocycles. The lowest BCUT2D eigenvalue weighted by molar-refractivity contribution is -0.123. The van der Waals surface area contributed by atoms with Gasteiger partial charge in [-0.1, -0.05) is 65.4 Å². The van der Waals surface area contributed by atoms with Crippen LogP contribution in [0.4, 0.5) is 5.13 Å². The molecule has 3 aromatic carbocycles. The van der Waals surface area contributed by atoms with Crippen LogP contribution in [0.1, 0.15) is 29.5 Å². The highest BCUT2D eigenvalue weighted by Gasteiger charge is 2.35. The zero-order chi connectivity index (χ0) is 25.3. The van der Waals surface area contributed by atoms with Crippen LogP contribution < -0.4 is 4.90 Å². The molecule has 1 amide bonds. The number of carbonyl (C=O) groups excluding carboxylic acids is 1. The average molecular weight is 520 g/mol. The Bertz CT molecular complexity index is 1470. The molecule has 0 spiro atoms. The molecule has 1 fully saturated rings. The van der Waals surface area contributed by atoms with Crippen LogP contribution in [0, 0.1) is 19.8 Å². The second kappa shape index (κ2) is 10.1. The molecule has 8 heteroatoms. The summed E-state index contributed by atoms with van der Waals surface area (Å²) < 4.78 is 28.8. The van der Waals surface area contributed by atoms with Crippen LogP contribution in [0.3, 0.4) is 0 Å². The van der Waals surface area contributed by atoms with Gasteiger partial charge in [-0.2, -0.15) is 4.31 Å². The molecular weight excluding hydrogens is 490 g/mol. The van der Waals surface area contributed by atoms with Crippen molar-refractivity contribution in [2.75, 3.05) is 18.0 Å². The summed E-state index contributed by atoms with van der Waals surface area (Å²) >= 11 is 1.52. The number of fused-ring (bicyclic) bond motifs is 1. The first-order valence-electron chi connectivity index (χ1n) is 12.1. The maximum absolute atomic E-state index is 13.8. The van der Waals surface area contributed by atoms with Gasteiger partial charge in [0.25, 0.3) is 0 Å². The minimum atomic E-state index is -3.57. The van der Waals surface area contributed by atoms with E-state index in [9.17, 15) is 13.2 Å². The third-order valence-corrected chi connectivity index (χ3v) is 9.63. The lowest BCUT2D eigenvalue weighted by Crippen LogP contribution is -2.44. The summed E-state index contributed by atoms with van der Waals surface area (Å²) in [4.78, 5) is 20.7. The van der Waals surface area contributed by atoms with Crippen molar-refractivity contribution in [3.8, 4) is 0 Å². The van der Waals surface area contributed by atoms with Gasteiger partial charge in [0.1, 0.15) is 0 Å². The van der Waals surface area contributed by atoms with Crippen LogP contribution in [0.15, 0.2) is 77.7 Å². The molecule has 36 heavy (non-hydrogen) atoms. The Kier molecular flexibility index (Phi) is 6.92. The Morgan fingerprint density at radius 1 is 0.972 bits per heavy atom. The second-order valence-corrected chi connectivity index (χ2v) is 12.3. The summed E-state index contributed by atoms with van der Waals surface area (Å²) in [6, 6.07) is 22.9. The number of sulfonamides is 1. The van der Waals surface area contributed by atoms with Gasteiger partial charge in [-0.15, -0.1) is 0 Å². The fourth-order valence-electron chi connectivity index (χ4n) is 4.56. The fourth-order valence-corrected chi connectivity index (χ4v) is 7.10. The summed E-state index contributed by atoms with van der Waals surface area (Å²) in [5.74, 6) is -0.256. The Morgan fingerprint density at radius 3 is 2.33 bits per heavy atom. The number of carbonyl (C=O) groups is 1. The predicted molar refractivity (Wildman–Crippen MR) is 145 cm³/mol. The van der Waals surface area contributed by atoms with Gasteiger partial charge in [0.2, 0.25) is 15.9 Å². The molecule has 0 unspecified atom stereocenters. The molecule has 0 N–H and O–H groups in total. The van der Waals surface area contributed by atoms with E-state index in [1.54, 1.807) is 17.0 Å². The van der Waals surface area contributed by atoms with Crippen LogP contribution in [0.5, 0.6) is 0 Å². The second-order valence-electron chi connectivity index (χ2n) is 9.37. The molecule has 4 aromatic rings. The third-order valence-electron chi connectivity index (χ3n) is 6.68. The van der Waals surface area contributed by atoms with E-state index in [4.69, 9.17) is 4.98 Å². The molecule has 186 valence electrons. The first-order chi connectivity index (χ1) is 17.3. The summed E-state index contributed by atoms with van der Waals surface area (Å²) in [6.45, 7) is 5.06. The Morgan fingerprint density at radius 2 is 1.64 bits per heavy atom. The Balaban J connectivity index is 1.37. The lowest BCUT2D eigenvalue weighted by Gasteiger charge is -2.33. The van der Waals surface area contributed by atoms with Crippen molar-refractivity contribution >= 4 is 42.6 Å². The first-order valence-corrected chi connectivity index (χ1v) is 14.4. The highest BCUT2D eigenvalue weighted by atomic mass is 32.2. The number of aryl methyl sites for hydroxylation is 2. The number of rotatable bonds is 6. The van der Waals surface area contributed by atoms with Gasteiger partial charge in [-0.05, 0) is 62.1 Å². The van der Waals surface area contributed by atoms with E-state index in [1.807, 2.05) is 68.4 Å². The number of aromatic nitrogens is 1. The van der Waals surface area contributed by atoms with E-state index < -0.39 is 10.0 Å². The topological polar surface area (TPSA) is 70.6 Å². The molecule has 5 rings (SSSR count). The molecule has 0 radical (unpaired) electrons. The fraction of sp³-hybridized carbons (Fsp3) is 0.286. The minimum absolute atomic E-state index is 0.00187. The Labute approximate surface area is 216 Å². The number of hydrogen-bond acceptors (Lipinski definition) is 5. The van der Waals surface area contributed by atoms with E-state index in [0.29, 0.717) is 42.5 Å². The highest BCUT2D eigenvalue weighted by molar-refractivity contribution is 7.89.